The molecule has 4 rings (SSSR count). The number of carboxylic acid groups (broad SMARTS) is 1. The first-order chi connectivity index (χ1) is 15.9. The quantitative estimate of drug-likeness (QED) is 0.506. The van der Waals surface area contributed by atoms with Crippen molar-refractivity contribution in [2.45, 2.75) is 17.3 Å². The van der Waals surface area contributed by atoms with Crippen molar-refractivity contribution in [3.8, 4) is 5.75 Å². The highest BCUT2D eigenvalue weighted by Gasteiger charge is 2.41. The lowest BCUT2D eigenvalue weighted by Gasteiger charge is -2.38. The second-order valence-corrected chi connectivity index (χ2v) is 10.1. The topological polar surface area (TPSA) is 113 Å². The van der Waals surface area contributed by atoms with E-state index in [1.807, 2.05) is 6.07 Å². The minimum absolute atomic E-state index is 0.131. The zero-order valence-corrected chi connectivity index (χ0v) is 19.5. The SMILES string of the molecule is O=C(O)[C@H]1CN(c2cnc3ccc(Br)cc3n2)CCN1S(=O)(=O)c1ccc(OC(F)(F)F)cc1. The van der Waals surface area contributed by atoms with Crippen LogP contribution in [0.15, 0.2) is 58.0 Å². The van der Waals surface area contributed by atoms with Gasteiger partial charge in [-0.3, -0.25) is 9.78 Å². The number of hydrogen-bond donors (Lipinski definition) is 1. The molecule has 1 aliphatic heterocycles. The van der Waals surface area contributed by atoms with Crippen molar-refractivity contribution in [2.75, 3.05) is 24.5 Å². The lowest BCUT2D eigenvalue weighted by molar-refractivity contribution is -0.274. The van der Waals surface area contributed by atoms with E-state index in [1.54, 1.807) is 17.0 Å². The van der Waals surface area contributed by atoms with Crippen molar-refractivity contribution >= 4 is 48.8 Å². The molecule has 34 heavy (non-hydrogen) atoms. The molecule has 1 fully saturated rings. The maximum absolute atomic E-state index is 13.1. The summed E-state index contributed by atoms with van der Waals surface area (Å²) >= 11 is 3.36. The van der Waals surface area contributed by atoms with Crippen molar-refractivity contribution in [3.63, 3.8) is 0 Å². The van der Waals surface area contributed by atoms with E-state index in [0.29, 0.717) is 16.9 Å². The summed E-state index contributed by atoms with van der Waals surface area (Å²) in [6.45, 7) is -0.247. The van der Waals surface area contributed by atoms with E-state index in [-0.39, 0.29) is 24.5 Å². The summed E-state index contributed by atoms with van der Waals surface area (Å²) in [7, 11) is -4.32. The molecule has 1 atom stereocenters. The lowest BCUT2D eigenvalue weighted by atomic mass is 10.2. The second-order valence-electron chi connectivity index (χ2n) is 7.30. The third-order valence-corrected chi connectivity index (χ3v) is 7.51. The molecular weight excluding hydrogens is 545 g/mol. The summed E-state index contributed by atoms with van der Waals surface area (Å²) in [5.41, 5.74) is 1.22. The summed E-state index contributed by atoms with van der Waals surface area (Å²) in [4.78, 5) is 22.1. The van der Waals surface area contributed by atoms with Crippen LogP contribution in [0.3, 0.4) is 0 Å². The largest absolute Gasteiger partial charge is 0.573 e. The van der Waals surface area contributed by atoms with Gasteiger partial charge in [0.15, 0.2) is 0 Å². The van der Waals surface area contributed by atoms with E-state index in [0.717, 1.165) is 33.0 Å². The Labute approximate surface area is 200 Å². The molecule has 0 saturated carbocycles. The van der Waals surface area contributed by atoms with Crippen molar-refractivity contribution < 1.29 is 36.2 Å². The number of ether oxygens (including phenoxy) is 1. The van der Waals surface area contributed by atoms with Crippen molar-refractivity contribution in [1.29, 1.82) is 0 Å². The molecule has 0 amide bonds. The molecule has 2 heterocycles. The molecule has 9 nitrogen and oxygen atoms in total. The lowest BCUT2D eigenvalue weighted by Crippen LogP contribution is -2.58. The number of halogens is 4. The molecule has 0 bridgehead atoms. The Morgan fingerprint density at radius 3 is 2.47 bits per heavy atom. The van der Waals surface area contributed by atoms with Gasteiger partial charge < -0.3 is 14.7 Å². The van der Waals surface area contributed by atoms with Crippen molar-refractivity contribution in [3.05, 3.63) is 53.1 Å². The Morgan fingerprint density at radius 2 is 1.82 bits per heavy atom. The maximum atomic E-state index is 13.1. The number of carbonyl (C=O) groups is 1. The molecule has 1 aliphatic rings. The van der Waals surface area contributed by atoms with Crippen LogP contribution in [0.2, 0.25) is 0 Å². The zero-order chi connectivity index (χ0) is 24.7. The number of aliphatic carboxylic acids is 1. The van der Waals surface area contributed by atoms with Crippen LogP contribution in [0.5, 0.6) is 5.75 Å². The van der Waals surface area contributed by atoms with Gasteiger partial charge in [-0.2, -0.15) is 4.31 Å². The summed E-state index contributed by atoms with van der Waals surface area (Å²) in [6, 6.07) is 7.47. The minimum Gasteiger partial charge on any atom is -0.480 e. The summed E-state index contributed by atoms with van der Waals surface area (Å²) in [5.74, 6) is -1.57. The van der Waals surface area contributed by atoms with E-state index in [1.165, 1.54) is 6.20 Å². The van der Waals surface area contributed by atoms with Crippen LogP contribution in [0.25, 0.3) is 11.0 Å². The summed E-state index contributed by atoms with van der Waals surface area (Å²) in [5, 5.41) is 9.74. The number of piperazine rings is 1. The first-order valence-corrected chi connectivity index (χ1v) is 11.9. The number of benzene rings is 2. The van der Waals surface area contributed by atoms with Gasteiger partial charge in [0.1, 0.15) is 17.6 Å². The van der Waals surface area contributed by atoms with Gasteiger partial charge in [0, 0.05) is 24.1 Å². The fourth-order valence-electron chi connectivity index (χ4n) is 3.54. The predicted octanol–water partition coefficient (Wildman–Crippen LogP) is 3.26. The van der Waals surface area contributed by atoms with Crippen LogP contribution in [0.4, 0.5) is 19.0 Å². The smallest absolute Gasteiger partial charge is 0.480 e. The Morgan fingerprint density at radius 1 is 1.12 bits per heavy atom. The Hall–Kier alpha value is -2.97. The fourth-order valence-corrected chi connectivity index (χ4v) is 5.45. The maximum Gasteiger partial charge on any atom is 0.573 e. The summed E-state index contributed by atoms with van der Waals surface area (Å²) < 4.78 is 68.6. The van der Waals surface area contributed by atoms with E-state index in [2.05, 4.69) is 30.6 Å². The Bertz CT molecular complexity index is 1340. The Balaban J connectivity index is 1.58. The van der Waals surface area contributed by atoms with Gasteiger partial charge in [0.05, 0.1) is 22.1 Å². The fraction of sp³-hybridized carbons (Fsp3) is 0.250. The second kappa shape index (κ2) is 9.00. The number of aromatic nitrogens is 2. The number of hydrogen-bond acceptors (Lipinski definition) is 7. The van der Waals surface area contributed by atoms with Gasteiger partial charge in [-0.1, -0.05) is 15.9 Å². The number of fused-ring (bicyclic) bond motifs is 1. The van der Waals surface area contributed by atoms with Crippen LogP contribution in [0, 0.1) is 0 Å². The zero-order valence-electron chi connectivity index (χ0n) is 17.1. The van der Waals surface area contributed by atoms with Crippen molar-refractivity contribution in [2.24, 2.45) is 0 Å². The predicted molar refractivity (Wildman–Crippen MR) is 118 cm³/mol. The molecule has 1 N–H and O–H groups in total. The van der Waals surface area contributed by atoms with E-state index < -0.39 is 34.1 Å². The molecule has 0 spiro atoms. The number of anilines is 1. The van der Waals surface area contributed by atoms with Crippen LogP contribution >= 0.6 is 15.9 Å². The number of rotatable bonds is 5. The third-order valence-electron chi connectivity index (χ3n) is 5.10. The van der Waals surface area contributed by atoms with Gasteiger partial charge in [-0.25, -0.2) is 13.4 Å². The highest BCUT2D eigenvalue weighted by molar-refractivity contribution is 9.10. The van der Waals surface area contributed by atoms with Crippen LogP contribution in [0.1, 0.15) is 0 Å². The minimum atomic E-state index is -4.92. The summed E-state index contributed by atoms with van der Waals surface area (Å²) in [6.07, 6.45) is -3.44. The molecule has 3 aromatic rings. The monoisotopic (exact) mass is 560 g/mol. The first-order valence-electron chi connectivity index (χ1n) is 9.72. The number of alkyl halides is 3. The molecule has 0 aliphatic carbocycles. The Kier molecular flexibility index (Phi) is 6.40. The molecule has 180 valence electrons. The highest BCUT2D eigenvalue weighted by Crippen LogP contribution is 2.28. The molecule has 14 heteroatoms. The standard InChI is InChI=1S/C20H16BrF3N4O5S/c21-12-1-6-15-16(9-12)26-18(10-25-15)27-7-8-28(17(11-27)19(29)30)34(31,32)14-4-2-13(3-5-14)33-20(22,23)24/h1-6,9-10,17H,7-8,11H2,(H,29,30)/t17-/m1/s1. The highest BCUT2D eigenvalue weighted by atomic mass is 79.9. The van der Waals surface area contributed by atoms with Gasteiger partial charge >= 0.3 is 12.3 Å². The van der Waals surface area contributed by atoms with Gasteiger partial charge in [0.2, 0.25) is 10.0 Å². The number of nitrogens with zero attached hydrogens (tertiary/aromatic N) is 4. The van der Waals surface area contributed by atoms with Gasteiger partial charge in [0.25, 0.3) is 0 Å². The molecular formula is C20H16BrF3N4O5S. The molecule has 0 radical (unpaired) electrons. The van der Waals surface area contributed by atoms with E-state index in [9.17, 15) is 31.5 Å². The normalized spacial score (nSPS) is 17.6. The van der Waals surface area contributed by atoms with Crippen LogP contribution < -0.4 is 9.64 Å². The van der Waals surface area contributed by atoms with Crippen LogP contribution in [-0.4, -0.2) is 65.8 Å². The molecule has 0 unspecified atom stereocenters. The number of sulfonamides is 1. The average molecular weight is 561 g/mol. The van der Waals surface area contributed by atoms with Gasteiger partial charge in [-0.15, -0.1) is 13.2 Å². The molecule has 1 aromatic heterocycles. The number of carboxylic acids is 1. The van der Waals surface area contributed by atoms with Gasteiger partial charge in [-0.05, 0) is 42.5 Å². The van der Waals surface area contributed by atoms with E-state index in [4.69, 9.17) is 0 Å². The third kappa shape index (κ3) is 5.08. The van der Waals surface area contributed by atoms with E-state index >= 15 is 0 Å². The first kappa shape index (κ1) is 24.2. The van der Waals surface area contributed by atoms with Crippen molar-refractivity contribution in [1.82, 2.24) is 14.3 Å². The molecule has 2 aromatic carbocycles. The molecule has 1 saturated heterocycles. The van der Waals surface area contributed by atoms with Crippen LogP contribution in [-0.2, 0) is 14.8 Å². The average Bonchev–Trinajstić information content (AvgIpc) is 2.77.